The summed E-state index contributed by atoms with van der Waals surface area (Å²) in [7, 11) is 0. The minimum absolute atomic E-state index is 0.0528. The Hall–Kier alpha value is -1.91. The molecule has 0 aromatic heterocycles. The first-order valence-electron chi connectivity index (χ1n) is 17.2. The van der Waals surface area contributed by atoms with Crippen LogP contribution in [0.4, 0.5) is 11.4 Å². The number of hydrogen-bond donors (Lipinski definition) is 2. The van der Waals surface area contributed by atoms with Gasteiger partial charge >= 0.3 is 5.97 Å². The highest BCUT2D eigenvalue weighted by Crippen LogP contribution is 2.68. The average molecular weight is 565 g/mol. The fourth-order valence-corrected chi connectivity index (χ4v) is 11.1. The van der Waals surface area contributed by atoms with E-state index >= 15 is 0 Å². The van der Waals surface area contributed by atoms with Crippen LogP contribution < -0.4 is 16.2 Å². The Bertz CT molecular complexity index is 1080. The number of nitrogens with two attached hydrogens (primary N) is 2. The maximum absolute atomic E-state index is 12.7. The van der Waals surface area contributed by atoms with Gasteiger partial charge in [-0.1, -0.05) is 27.2 Å². The van der Waals surface area contributed by atoms with E-state index in [1.54, 1.807) is 0 Å². The number of fused-ring (bicyclic) bond motifs is 5. The van der Waals surface area contributed by atoms with E-state index in [9.17, 15) is 4.79 Å². The normalized spacial score (nSPS) is 39.7. The summed E-state index contributed by atoms with van der Waals surface area (Å²) in [6.45, 7) is 7.71. The number of carbonyl (C=O) groups is 1. The van der Waals surface area contributed by atoms with Crippen LogP contribution in [-0.4, -0.2) is 18.2 Å². The molecule has 4 N–H and O–H groups in total. The second-order valence-electron chi connectivity index (χ2n) is 15.5. The Kier molecular flexibility index (Phi) is 8.28. The zero-order valence-electron chi connectivity index (χ0n) is 26.0. The third kappa shape index (κ3) is 5.60. The van der Waals surface area contributed by atoms with Crippen molar-refractivity contribution in [2.45, 2.75) is 136 Å². The highest BCUT2D eigenvalue weighted by atomic mass is 16.5. The predicted octanol–water partition coefficient (Wildman–Crippen LogP) is 8.55. The number of benzene rings is 1. The van der Waals surface area contributed by atoms with Crippen molar-refractivity contribution in [1.29, 1.82) is 0 Å². The van der Waals surface area contributed by atoms with Crippen molar-refractivity contribution < 1.29 is 14.3 Å². The van der Waals surface area contributed by atoms with E-state index in [-0.39, 0.29) is 18.2 Å². The van der Waals surface area contributed by atoms with Gasteiger partial charge in [0, 0.05) is 12.1 Å². The predicted molar refractivity (Wildman–Crippen MR) is 166 cm³/mol. The summed E-state index contributed by atoms with van der Waals surface area (Å²) in [5.41, 5.74) is 14.3. The number of ether oxygens (including phenoxy) is 2. The van der Waals surface area contributed by atoms with Crippen LogP contribution in [0.5, 0.6) is 5.75 Å². The zero-order chi connectivity index (χ0) is 28.8. The van der Waals surface area contributed by atoms with Gasteiger partial charge in [0.15, 0.2) is 0 Å². The maximum atomic E-state index is 12.7. The number of carbonyl (C=O) groups excluding carboxylic acids is 1. The molecule has 5 aliphatic carbocycles. The number of hydrogen-bond acceptors (Lipinski definition) is 5. The molecular formula is C36H56N2O3. The Morgan fingerprint density at radius 3 is 2.44 bits per heavy atom. The molecule has 0 radical (unpaired) electrons. The first-order valence-corrected chi connectivity index (χ1v) is 17.2. The molecule has 9 atom stereocenters. The topological polar surface area (TPSA) is 87.6 Å². The van der Waals surface area contributed by atoms with E-state index in [2.05, 4.69) is 20.8 Å². The minimum atomic E-state index is 0.0528. The number of anilines is 2. The fourth-order valence-electron chi connectivity index (χ4n) is 11.1. The van der Waals surface area contributed by atoms with E-state index in [0.29, 0.717) is 34.5 Å². The van der Waals surface area contributed by atoms with Gasteiger partial charge in [-0.15, -0.1) is 0 Å². The standard InChI is InChI=1S/C36H56N2O3/c1-23(9-16-34(39)41-26-7-5-4-6-8-26)29-13-14-30-28-12-10-24-21-27(40-33-15-11-25(37)22-32(33)38)17-19-35(24,2)31(28)18-20-36(29,30)3/h11,15,22-24,26-31H,4-10,12-14,16-21,37-38H2,1-3H3/t23-,24?,27?,28+,29-,30+,31+,35+,36-/m1/s1. The minimum Gasteiger partial charge on any atom is -0.488 e. The van der Waals surface area contributed by atoms with E-state index in [1.165, 1.54) is 64.2 Å². The van der Waals surface area contributed by atoms with E-state index < -0.39 is 0 Å². The molecule has 2 unspecified atom stereocenters. The molecule has 0 amide bonds. The van der Waals surface area contributed by atoms with Crippen LogP contribution in [0.1, 0.15) is 124 Å². The fraction of sp³-hybridized carbons (Fsp3) is 0.806. The van der Waals surface area contributed by atoms with Crippen molar-refractivity contribution in [3.8, 4) is 5.75 Å². The van der Waals surface area contributed by atoms with Crippen molar-refractivity contribution in [3.63, 3.8) is 0 Å². The summed E-state index contributed by atoms with van der Waals surface area (Å²) in [6.07, 6.45) is 19.7. The summed E-state index contributed by atoms with van der Waals surface area (Å²) < 4.78 is 12.3. The summed E-state index contributed by atoms with van der Waals surface area (Å²) in [5, 5.41) is 0. The second-order valence-corrected chi connectivity index (χ2v) is 15.5. The van der Waals surface area contributed by atoms with Gasteiger partial charge in [0.1, 0.15) is 11.9 Å². The lowest BCUT2D eigenvalue weighted by Crippen LogP contribution is -2.54. The maximum Gasteiger partial charge on any atom is 0.306 e. The molecule has 5 aliphatic rings. The van der Waals surface area contributed by atoms with Crippen LogP contribution in [0, 0.1) is 46.3 Å². The lowest BCUT2D eigenvalue weighted by Gasteiger charge is -2.61. The number of esters is 1. The summed E-state index contributed by atoms with van der Waals surface area (Å²) >= 11 is 0. The van der Waals surface area contributed by atoms with Gasteiger partial charge < -0.3 is 20.9 Å². The van der Waals surface area contributed by atoms with E-state index in [1.807, 2.05) is 18.2 Å². The van der Waals surface area contributed by atoms with Crippen LogP contribution in [0.2, 0.25) is 0 Å². The highest BCUT2D eigenvalue weighted by molar-refractivity contribution is 5.69. The van der Waals surface area contributed by atoms with Gasteiger partial charge in [-0.2, -0.15) is 0 Å². The van der Waals surface area contributed by atoms with Gasteiger partial charge in [0.2, 0.25) is 0 Å². The van der Waals surface area contributed by atoms with Crippen LogP contribution in [-0.2, 0) is 9.53 Å². The quantitative estimate of drug-likeness (QED) is 0.256. The average Bonchev–Trinajstić information content (AvgIpc) is 3.31. The van der Waals surface area contributed by atoms with Crippen LogP contribution in [0.25, 0.3) is 0 Å². The molecule has 5 saturated carbocycles. The monoisotopic (exact) mass is 564 g/mol. The SMILES string of the molecule is C[C@H](CCC(=O)OC1CCCCC1)[C@H]1CC[C@H]2[C@@H]3CCC4CC(Oc5ccc(N)cc5N)CC[C@]4(C)[C@H]3CC[C@]12C. The molecule has 228 valence electrons. The molecule has 5 nitrogen and oxygen atoms in total. The molecule has 0 spiro atoms. The molecule has 0 aliphatic heterocycles. The van der Waals surface area contributed by atoms with Crippen molar-refractivity contribution in [2.24, 2.45) is 46.3 Å². The van der Waals surface area contributed by atoms with Gasteiger partial charge in [-0.05, 0) is 154 Å². The molecule has 0 saturated heterocycles. The molecule has 5 fully saturated rings. The summed E-state index contributed by atoms with van der Waals surface area (Å²) in [6, 6.07) is 5.64. The first kappa shape index (κ1) is 29.2. The lowest BCUT2D eigenvalue weighted by molar-refractivity contribution is -0.151. The molecule has 0 heterocycles. The van der Waals surface area contributed by atoms with Gasteiger partial charge in [0.05, 0.1) is 11.8 Å². The van der Waals surface area contributed by atoms with Crippen molar-refractivity contribution in [1.82, 2.24) is 0 Å². The Morgan fingerprint density at radius 1 is 0.902 bits per heavy atom. The molecule has 1 aromatic rings. The Balaban J connectivity index is 1.05. The van der Waals surface area contributed by atoms with Gasteiger partial charge in [-0.25, -0.2) is 0 Å². The first-order chi connectivity index (χ1) is 19.7. The molecule has 1 aromatic carbocycles. The van der Waals surface area contributed by atoms with E-state index in [0.717, 1.165) is 67.4 Å². The molecule has 6 rings (SSSR count). The largest absolute Gasteiger partial charge is 0.488 e. The lowest BCUT2D eigenvalue weighted by atomic mass is 9.44. The smallest absolute Gasteiger partial charge is 0.306 e. The van der Waals surface area contributed by atoms with Crippen molar-refractivity contribution in [3.05, 3.63) is 18.2 Å². The molecule has 5 heteroatoms. The molecular weight excluding hydrogens is 508 g/mol. The zero-order valence-corrected chi connectivity index (χ0v) is 26.0. The molecule has 41 heavy (non-hydrogen) atoms. The Morgan fingerprint density at radius 2 is 1.66 bits per heavy atom. The van der Waals surface area contributed by atoms with Crippen molar-refractivity contribution >= 4 is 17.3 Å². The van der Waals surface area contributed by atoms with Crippen LogP contribution in [0.3, 0.4) is 0 Å². The third-order valence-corrected chi connectivity index (χ3v) is 13.4. The molecule has 0 bridgehead atoms. The summed E-state index contributed by atoms with van der Waals surface area (Å²) in [4.78, 5) is 12.7. The van der Waals surface area contributed by atoms with Gasteiger partial charge in [0.25, 0.3) is 0 Å². The number of nitrogen functional groups attached to an aromatic ring is 2. The van der Waals surface area contributed by atoms with Crippen LogP contribution in [0.15, 0.2) is 18.2 Å². The Labute approximate surface area is 248 Å². The highest BCUT2D eigenvalue weighted by Gasteiger charge is 2.60. The van der Waals surface area contributed by atoms with E-state index in [4.69, 9.17) is 20.9 Å². The second kappa shape index (κ2) is 11.6. The van der Waals surface area contributed by atoms with Crippen LogP contribution >= 0.6 is 0 Å². The summed E-state index contributed by atoms with van der Waals surface area (Å²) in [5.74, 6) is 5.50. The third-order valence-electron chi connectivity index (χ3n) is 13.4. The number of rotatable bonds is 7. The van der Waals surface area contributed by atoms with Crippen molar-refractivity contribution in [2.75, 3.05) is 11.5 Å². The van der Waals surface area contributed by atoms with Gasteiger partial charge in [-0.3, -0.25) is 4.79 Å².